The van der Waals surface area contributed by atoms with Crippen molar-refractivity contribution in [3.05, 3.63) is 22.4 Å². The third kappa shape index (κ3) is 3.64. The van der Waals surface area contributed by atoms with Crippen LogP contribution >= 0.6 is 15.9 Å². The number of sulfonamides is 1. The molecule has 0 aliphatic heterocycles. The predicted molar refractivity (Wildman–Crippen MR) is 70.2 cm³/mol. The van der Waals surface area contributed by atoms with Crippen LogP contribution in [0.15, 0.2) is 21.5 Å². The number of methoxy groups -OCH3 is 1. The minimum absolute atomic E-state index is 0.00247. The van der Waals surface area contributed by atoms with Crippen LogP contribution in [0, 0.1) is 5.82 Å². The number of hydrogen-bond donors (Lipinski definition) is 2. The standard InChI is InChI=1S/C10H14BrFN2O3S/c1-6(17-2)5-14-18(15,16)9-4-7(13)3-8(11)10(9)12/h3-4,6,14H,5,13H2,1-2H3. The monoisotopic (exact) mass is 340 g/mol. The summed E-state index contributed by atoms with van der Waals surface area (Å²) in [6.45, 7) is 1.73. The van der Waals surface area contributed by atoms with E-state index in [9.17, 15) is 12.8 Å². The molecule has 0 amide bonds. The third-order valence-electron chi connectivity index (χ3n) is 2.27. The van der Waals surface area contributed by atoms with E-state index in [-0.39, 0.29) is 22.8 Å². The van der Waals surface area contributed by atoms with Crippen LogP contribution in [0.4, 0.5) is 10.1 Å². The van der Waals surface area contributed by atoms with Crippen molar-refractivity contribution in [1.29, 1.82) is 0 Å². The van der Waals surface area contributed by atoms with Gasteiger partial charge in [-0.05, 0) is 35.0 Å². The zero-order chi connectivity index (χ0) is 13.9. The Labute approximate surface area is 114 Å². The van der Waals surface area contributed by atoms with Crippen LogP contribution in [0.3, 0.4) is 0 Å². The van der Waals surface area contributed by atoms with E-state index in [2.05, 4.69) is 20.7 Å². The summed E-state index contributed by atoms with van der Waals surface area (Å²) in [4.78, 5) is -0.488. The fourth-order valence-corrected chi connectivity index (χ4v) is 3.02. The molecule has 1 rings (SSSR count). The van der Waals surface area contributed by atoms with E-state index < -0.39 is 20.7 Å². The van der Waals surface area contributed by atoms with Gasteiger partial charge in [0.2, 0.25) is 10.0 Å². The highest BCUT2D eigenvalue weighted by Crippen LogP contribution is 2.25. The average molecular weight is 341 g/mol. The van der Waals surface area contributed by atoms with Gasteiger partial charge in [-0.2, -0.15) is 0 Å². The van der Waals surface area contributed by atoms with Gasteiger partial charge in [0.15, 0.2) is 5.82 Å². The Hall–Kier alpha value is -0.700. The van der Waals surface area contributed by atoms with Gasteiger partial charge < -0.3 is 10.5 Å². The maximum atomic E-state index is 13.7. The van der Waals surface area contributed by atoms with Crippen LogP contribution in [0.1, 0.15) is 6.92 Å². The molecule has 1 unspecified atom stereocenters. The first-order chi connectivity index (χ1) is 8.27. The highest BCUT2D eigenvalue weighted by atomic mass is 79.9. The Bertz CT molecular complexity index is 536. The second-order valence-electron chi connectivity index (χ2n) is 3.71. The van der Waals surface area contributed by atoms with Gasteiger partial charge in [-0.25, -0.2) is 17.5 Å². The molecule has 0 aliphatic rings. The van der Waals surface area contributed by atoms with Crippen molar-refractivity contribution >= 4 is 31.6 Å². The molecule has 1 aromatic rings. The first-order valence-corrected chi connectivity index (χ1v) is 7.32. The van der Waals surface area contributed by atoms with Gasteiger partial charge in [0.1, 0.15) is 4.90 Å². The van der Waals surface area contributed by atoms with Crippen molar-refractivity contribution in [1.82, 2.24) is 4.72 Å². The van der Waals surface area contributed by atoms with Crippen LogP contribution in [0.2, 0.25) is 0 Å². The Kier molecular flexibility index (Phi) is 5.09. The molecule has 0 bridgehead atoms. The molecule has 0 spiro atoms. The molecule has 0 saturated heterocycles. The van der Waals surface area contributed by atoms with Crippen molar-refractivity contribution in [2.45, 2.75) is 17.9 Å². The van der Waals surface area contributed by atoms with E-state index in [4.69, 9.17) is 10.5 Å². The molecule has 0 aromatic heterocycles. The summed E-state index contributed by atoms with van der Waals surface area (Å²) in [6, 6.07) is 2.37. The van der Waals surface area contributed by atoms with Crippen molar-refractivity contribution in [3.8, 4) is 0 Å². The molecule has 5 nitrogen and oxygen atoms in total. The minimum Gasteiger partial charge on any atom is -0.399 e. The van der Waals surface area contributed by atoms with E-state index in [1.807, 2.05) is 0 Å². The number of hydrogen-bond acceptors (Lipinski definition) is 4. The quantitative estimate of drug-likeness (QED) is 0.795. The van der Waals surface area contributed by atoms with Gasteiger partial charge in [0.25, 0.3) is 0 Å². The fraction of sp³-hybridized carbons (Fsp3) is 0.400. The maximum absolute atomic E-state index is 13.7. The summed E-state index contributed by atoms with van der Waals surface area (Å²) in [5.74, 6) is -0.873. The number of rotatable bonds is 5. The van der Waals surface area contributed by atoms with Crippen molar-refractivity contribution < 1.29 is 17.5 Å². The average Bonchev–Trinajstić information content (AvgIpc) is 2.30. The molecule has 1 aromatic carbocycles. The van der Waals surface area contributed by atoms with Gasteiger partial charge in [0.05, 0.1) is 10.6 Å². The number of anilines is 1. The smallest absolute Gasteiger partial charge is 0.243 e. The number of nitrogens with one attached hydrogen (secondary N) is 1. The minimum atomic E-state index is -3.96. The van der Waals surface area contributed by atoms with Gasteiger partial charge in [-0.1, -0.05) is 0 Å². The van der Waals surface area contributed by atoms with Crippen LogP contribution < -0.4 is 10.5 Å². The summed E-state index contributed by atoms with van der Waals surface area (Å²) in [6.07, 6.45) is -0.313. The van der Waals surface area contributed by atoms with Crippen LogP contribution in [-0.4, -0.2) is 28.2 Å². The molecule has 18 heavy (non-hydrogen) atoms. The normalized spacial score (nSPS) is 13.6. The second kappa shape index (κ2) is 5.96. The lowest BCUT2D eigenvalue weighted by atomic mass is 10.3. The lowest BCUT2D eigenvalue weighted by Gasteiger charge is -2.12. The van der Waals surface area contributed by atoms with Gasteiger partial charge in [0, 0.05) is 19.3 Å². The number of benzene rings is 1. The second-order valence-corrected chi connectivity index (χ2v) is 6.30. The van der Waals surface area contributed by atoms with Crippen LogP contribution in [-0.2, 0) is 14.8 Å². The van der Waals surface area contributed by atoms with E-state index in [0.29, 0.717) is 0 Å². The summed E-state index contributed by atoms with van der Waals surface area (Å²) >= 11 is 2.91. The number of nitrogen functional groups attached to an aromatic ring is 1. The third-order valence-corrected chi connectivity index (χ3v) is 4.27. The molecule has 0 radical (unpaired) electrons. The number of halogens is 2. The van der Waals surface area contributed by atoms with E-state index in [1.54, 1.807) is 6.92 Å². The summed E-state index contributed by atoms with van der Waals surface area (Å²) in [7, 11) is -2.50. The van der Waals surface area contributed by atoms with E-state index >= 15 is 0 Å². The summed E-state index contributed by atoms with van der Waals surface area (Å²) < 4.78 is 44.7. The van der Waals surface area contributed by atoms with Crippen LogP contribution in [0.25, 0.3) is 0 Å². The number of nitrogens with two attached hydrogens (primary N) is 1. The first kappa shape index (κ1) is 15.4. The van der Waals surface area contributed by atoms with E-state index in [0.717, 1.165) is 6.07 Å². The van der Waals surface area contributed by atoms with Crippen molar-refractivity contribution in [2.75, 3.05) is 19.4 Å². The Morgan fingerprint density at radius 2 is 2.17 bits per heavy atom. The molecule has 1 atom stereocenters. The number of ether oxygens (including phenoxy) is 1. The van der Waals surface area contributed by atoms with Crippen molar-refractivity contribution in [2.24, 2.45) is 0 Å². The van der Waals surface area contributed by atoms with Gasteiger partial charge in [-0.3, -0.25) is 0 Å². The zero-order valence-corrected chi connectivity index (χ0v) is 12.3. The molecular weight excluding hydrogens is 327 g/mol. The molecule has 102 valence electrons. The maximum Gasteiger partial charge on any atom is 0.243 e. The first-order valence-electron chi connectivity index (χ1n) is 5.05. The molecule has 0 saturated carbocycles. The predicted octanol–water partition coefficient (Wildman–Crippen LogP) is 1.48. The SMILES string of the molecule is COC(C)CNS(=O)(=O)c1cc(N)cc(Br)c1F. The van der Waals surface area contributed by atoms with E-state index in [1.165, 1.54) is 13.2 Å². The van der Waals surface area contributed by atoms with Crippen molar-refractivity contribution in [3.63, 3.8) is 0 Å². The zero-order valence-electron chi connectivity index (χ0n) is 9.91. The highest BCUT2D eigenvalue weighted by molar-refractivity contribution is 9.10. The Morgan fingerprint density at radius 1 is 1.56 bits per heavy atom. The highest BCUT2D eigenvalue weighted by Gasteiger charge is 2.22. The molecule has 8 heteroatoms. The largest absolute Gasteiger partial charge is 0.399 e. The summed E-state index contributed by atoms with van der Waals surface area (Å²) in [5, 5.41) is 0. The Morgan fingerprint density at radius 3 is 2.72 bits per heavy atom. The molecular formula is C10H14BrFN2O3S. The topological polar surface area (TPSA) is 81.4 Å². The molecule has 0 heterocycles. The Balaban J connectivity index is 3.05. The van der Waals surface area contributed by atoms with Gasteiger partial charge in [-0.15, -0.1) is 0 Å². The fourth-order valence-electron chi connectivity index (χ4n) is 1.17. The molecule has 0 fully saturated rings. The lowest BCUT2D eigenvalue weighted by molar-refractivity contribution is 0.122. The summed E-state index contributed by atoms with van der Waals surface area (Å²) in [5.41, 5.74) is 5.65. The van der Waals surface area contributed by atoms with Gasteiger partial charge >= 0.3 is 0 Å². The van der Waals surface area contributed by atoms with Crippen LogP contribution in [0.5, 0.6) is 0 Å². The molecule has 0 aliphatic carbocycles. The molecule has 3 N–H and O–H groups in total. The lowest BCUT2D eigenvalue weighted by Crippen LogP contribution is -2.32.